The van der Waals surface area contributed by atoms with Gasteiger partial charge >= 0.3 is 0 Å². The van der Waals surface area contributed by atoms with Gasteiger partial charge in [-0.25, -0.2) is 8.42 Å². The topological polar surface area (TPSA) is 80.5 Å². The van der Waals surface area contributed by atoms with Crippen LogP contribution < -0.4 is 5.73 Å². The molecule has 18 heavy (non-hydrogen) atoms. The summed E-state index contributed by atoms with van der Waals surface area (Å²) < 4.78 is 26.0. The Labute approximate surface area is 111 Å². The molecule has 0 spiro atoms. The Kier molecular flexibility index (Phi) is 3.61. The molecule has 1 heterocycles. The Hall–Kier alpha value is -1.11. The van der Waals surface area contributed by atoms with E-state index in [0.717, 1.165) is 12.8 Å². The van der Waals surface area contributed by atoms with E-state index in [1.807, 2.05) is 0 Å². The number of hydrogen-bond acceptors (Lipinski definition) is 3. The number of primary amides is 1. The summed E-state index contributed by atoms with van der Waals surface area (Å²) in [6.07, 6.45) is 1.68. The number of nitrogens with zero attached hydrogens (tertiary/aromatic N) is 1. The van der Waals surface area contributed by atoms with Crippen molar-refractivity contribution in [2.24, 2.45) is 5.73 Å². The van der Waals surface area contributed by atoms with Gasteiger partial charge in [-0.15, -0.1) is 0 Å². The third-order valence-corrected chi connectivity index (χ3v) is 5.28. The molecule has 1 fully saturated rings. The zero-order chi connectivity index (χ0) is 13.3. The highest BCUT2D eigenvalue weighted by molar-refractivity contribution is 7.89. The van der Waals surface area contributed by atoms with Crippen LogP contribution in [0.1, 0.15) is 23.2 Å². The van der Waals surface area contributed by atoms with Crippen LogP contribution in [0.5, 0.6) is 0 Å². The van der Waals surface area contributed by atoms with E-state index in [2.05, 4.69) is 0 Å². The van der Waals surface area contributed by atoms with Crippen molar-refractivity contribution in [3.8, 4) is 0 Å². The molecule has 1 aromatic rings. The van der Waals surface area contributed by atoms with Crippen LogP contribution in [0.2, 0.25) is 5.02 Å². The van der Waals surface area contributed by atoms with E-state index < -0.39 is 15.9 Å². The molecule has 1 amide bonds. The van der Waals surface area contributed by atoms with Crippen LogP contribution in [0.25, 0.3) is 0 Å². The fraction of sp³-hybridized carbons (Fsp3) is 0.364. The average Bonchev–Trinajstić information content (AvgIpc) is 2.82. The molecule has 98 valence electrons. The molecule has 0 aliphatic carbocycles. The van der Waals surface area contributed by atoms with Crippen molar-refractivity contribution >= 4 is 27.5 Å². The van der Waals surface area contributed by atoms with Crippen LogP contribution in [0.3, 0.4) is 0 Å². The summed E-state index contributed by atoms with van der Waals surface area (Å²) in [4.78, 5) is 11.0. The molecule has 0 atom stereocenters. The molecule has 0 bridgehead atoms. The second-order valence-electron chi connectivity index (χ2n) is 4.12. The van der Waals surface area contributed by atoms with E-state index >= 15 is 0 Å². The average molecular weight is 289 g/mol. The van der Waals surface area contributed by atoms with Crippen LogP contribution in [-0.2, 0) is 10.0 Å². The lowest BCUT2D eigenvalue weighted by atomic mass is 10.2. The molecule has 0 aromatic heterocycles. The third kappa shape index (κ3) is 2.36. The summed E-state index contributed by atoms with van der Waals surface area (Å²) in [5.41, 5.74) is 5.28. The number of carbonyl (C=O) groups excluding carboxylic acids is 1. The van der Waals surface area contributed by atoms with Crippen LogP contribution >= 0.6 is 11.6 Å². The summed E-state index contributed by atoms with van der Waals surface area (Å²) in [6.45, 7) is 0.971. The van der Waals surface area contributed by atoms with E-state index in [1.54, 1.807) is 0 Å². The lowest BCUT2D eigenvalue weighted by Crippen LogP contribution is -2.28. The second-order valence-corrected chi connectivity index (χ2v) is 6.43. The van der Waals surface area contributed by atoms with Gasteiger partial charge in [0.2, 0.25) is 15.9 Å². The number of benzene rings is 1. The van der Waals surface area contributed by atoms with E-state index in [-0.39, 0.29) is 15.5 Å². The van der Waals surface area contributed by atoms with E-state index in [1.165, 1.54) is 22.5 Å². The van der Waals surface area contributed by atoms with Gasteiger partial charge in [-0.2, -0.15) is 4.31 Å². The van der Waals surface area contributed by atoms with E-state index in [0.29, 0.717) is 13.1 Å². The summed E-state index contributed by atoms with van der Waals surface area (Å²) in [7, 11) is -3.63. The first kappa shape index (κ1) is 13.3. The molecule has 2 N–H and O–H groups in total. The van der Waals surface area contributed by atoms with Crippen LogP contribution in [0.4, 0.5) is 0 Å². The molecule has 0 unspecified atom stereocenters. The minimum atomic E-state index is -3.63. The normalized spacial score (nSPS) is 16.9. The highest BCUT2D eigenvalue weighted by atomic mass is 35.5. The van der Waals surface area contributed by atoms with Crippen molar-refractivity contribution in [3.63, 3.8) is 0 Å². The van der Waals surface area contributed by atoms with Crippen LogP contribution in [-0.4, -0.2) is 31.7 Å². The van der Waals surface area contributed by atoms with Gasteiger partial charge in [0.15, 0.2) is 0 Å². The minimum Gasteiger partial charge on any atom is -0.366 e. The first-order valence-corrected chi connectivity index (χ1v) is 7.34. The van der Waals surface area contributed by atoms with Crippen molar-refractivity contribution in [2.45, 2.75) is 17.7 Å². The summed E-state index contributed by atoms with van der Waals surface area (Å²) in [5.74, 6) is -0.676. The quantitative estimate of drug-likeness (QED) is 0.908. The van der Waals surface area contributed by atoms with Gasteiger partial charge in [0.05, 0.1) is 5.02 Å². The maximum absolute atomic E-state index is 12.3. The molecule has 1 aliphatic rings. The number of nitrogens with two attached hydrogens (primary N) is 1. The smallest absolute Gasteiger partial charge is 0.248 e. The largest absolute Gasteiger partial charge is 0.366 e. The Morgan fingerprint density at radius 2 is 1.89 bits per heavy atom. The molecule has 1 aliphatic heterocycles. The zero-order valence-electron chi connectivity index (χ0n) is 9.60. The van der Waals surface area contributed by atoms with Crippen molar-refractivity contribution in [2.75, 3.05) is 13.1 Å². The number of carbonyl (C=O) groups is 1. The number of sulfonamides is 1. The maximum atomic E-state index is 12.3. The molecule has 7 heteroatoms. The standard InChI is InChI=1S/C11H13ClN2O3S/c12-9-4-3-8(11(13)15)7-10(9)18(16,17)14-5-1-2-6-14/h3-4,7H,1-2,5-6H2,(H2,13,15). The fourth-order valence-corrected chi connectivity index (χ4v) is 3.94. The molecule has 1 saturated heterocycles. The van der Waals surface area contributed by atoms with Crippen LogP contribution in [0, 0.1) is 0 Å². The lowest BCUT2D eigenvalue weighted by molar-refractivity contribution is 0.1000. The molecule has 5 nitrogen and oxygen atoms in total. The summed E-state index contributed by atoms with van der Waals surface area (Å²) in [6, 6.07) is 4.02. The highest BCUT2D eigenvalue weighted by Gasteiger charge is 2.29. The molecule has 0 saturated carbocycles. The molecule has 1 aromatic carbocycles. The second kappa shape index (κ2) is 4.87. The number of halogens is 1. The van der Waals surface area contributed by atoms with Gasteiger partial charge < -0.3 is 5.73 Å². The van der Waals surface area contributed by atoms with E-state index in [9.17, 15) is 13.2 Å². The summed E-state index contributed by atoms with van der Waals surface area (Å²) >= 11 is 5.91. The van der Waals surface area contributed by atoms with Gasteiger partial charge in [-0.05, 0) is 31.0 Å². The fourth-order valence-electron chi connectivity index (χ4n) is 1.92. The van der Waals surface area contributed by atoms with Gasteiger partial charge in [-0.3, -0.25) is 4.79 Å². The number of amides is 1. The van der Waals surface area contributed by atoms with Gasteiger partial charge in [0, 0.05) is 18.7 Å². The molecule has 2 rings (SSSR count). The van der Waals surface area contributed by atoms with Gasteiger partial charge in [0.1, 0.15) is 4.90 Å². The Balaban J connectivity index is 2.49. The highest BCUT2D eigenvalue weighted by Crippen LogP contribution is 2.27. The van der Waals surface area contributed by atoms with Gasteiger partial charge in [0.25, 0.3) is 0 Å². The van der Waals surface area contributed by atoms with E-state index in [4.69, 9.17) is 17.3 Å². The molecule has 0 radical (unpaired) electrons. The van der Waals surface area contributed by atoms with Crippen molar-refractivity contribution in [1.82, 2.24) is 4.31 Å². The summed E-state index contributed by atoms with van der Waals surface area (Å²) in [5, 5.41) is 0.104. The number of hydrogen-bond donors (Lipinski definition) is 1. The van der Waals surface area contributed by atoms with Crippen LogP contribution in [0.15, 0.2) is 23.1 Å². The van der Waals surface area contributed by atoms with Crippen molar-refractivity contribution in [3.05, 3.63) is 28.8 Å². The predicted octanol–water partition coefficient (Wildman–Crippen LogP) is 1.22. The Morgan fingerprint density at radius 3 is 2.44 bits per heavy atom. The maximum Gasteiger partial charge on any atom is 0.248 e. The monoisotopic (exact) mass is 288 g/mol. The Bertz CT molecular complexity index is 580. The number of rotatable bonds is 3. The third-order valence-electron chi connectivity index (χ3n) is 2.90. The predicted molar refractivity (Wildman–Crippen MR) is 68.0 cm³/mol. The first-order chi connectivity index (χ1) is 8.43. The molecular weight excluding hydrogens is 276 g/mol. The minimum absolute atomic E-state index is 0.0534. The first-order valence-electron chi connectivity index (χ1n) is 5.52. The van der Waals surface area contributed by atoms with Gasteiger partial charge in [-0.1, -0.05) is 11.6 Å². The zero-order valence-corrected chi connectivity index (χ0v) is 11.2. The van der Waals surface area contributed by atoms with Crippen molar-refractivity contribution < 1.29 is 13.2 Å². The van der Waals surface area contributed by atoms with Crippen molar-refractivity contribution in [1.29, 1.82) is 0 Å². The SMILES string of the molecule is NC(=O)c1ccc(Cl)c(S(=O)(=O)N2CCCC2)c1. The Morgan fingerprint density at radius 1 is 1.28 bits per heavy atom. The molecular formula is C11H13ClN2O3S. The lowest BCUT2D eigenvalue weighted by Gasteiger charge is -2.16.